The van der Waals surface area contributed by atoms with E-state index < -0.39 is 5.41 Å². The van der Waals surface area contributed by atoms with Gasteiger partial charge in [-0.2, -0.15) is 0 Å². The maximum Gasteiger partial charge on any atom is 0.230 e. The van der Waals surface area contributed by atoms with E-state index in [2.05, 4.69) is 5.32 Å². The molecule has 142 valence electrons. The molecule has 4 heteroatoms. The molecule has 3 nitrogen and oxygen atoms in total. The molecule has 0 radical (unpaired) electrons. The lowest BCUT2D eigenvalue weighted by Crippen LogP contribution is -2.34. The minimum atomic E-state index is -0.489. The maximum atomic E-state index is 13.1. The van der Waals surface area contributed by atoms with E-state index in [1.165, 1.54) is 12.1 Å². The lowest BCUT2D eigenvalue weighted by atomic mass is 9.95. The molecule has 0 saturated heterocycles. The van der Waals surface area contributed by atoms with Crippen molar-refractivity contribution in [2.75, 3.05) is 0 Å². The van der Waals surface area contributed by atoms with Crippen LogP contribution in [-0.4, -0.2) is 5.91 Å². The molecule has 1 aliphatic carbocycles. The van der Waals surface area contributed by atoms with E-state index in [1.54, 1.807) is 12.1 Å². The fourth-order valence-electron chi connectivity index (χ4n) is 3.33. The van der Waals surface area contributed by atoms with Crippen molar-refractivity contribution in [1.29, 1.82) is 0 Å². The van der Waals surface area contributed by atoms with Crippen LogP contribution < -0.4 is 10.1 Å². The van der Waals surface area contributed by atoms with E-state index >= 15 is 0 Å². The Morgan fingerprint density at radius 3 is 2.18 bits per heavy atom. The lowest BCUT2D eigenvalue weighted by Gasteiger charge is -2.16. The average Bonchev–Trinajstić information content (AvgIpc) is 3.55. The molecular weight excluding hydrogens is 353 g/mol. The molecule has 0 spiro atoms. The monoisotopic (exact) mass is 375 g/mol. The Morgan fingerprint density at radius 2 is 1.54 bits per heavy atom. The molecule has 3 aromatic carbocycles. The molecule has 4 rings (SSSR count). The maximum absolute atomic E-state index is 13.1. The van der Waals surface area contributed by atoms with Crippen LogP contribution in [0.3, 0.4) is 0 Å². The van der Waals surface area contributed by atoms with Crippen LogP contribution in [0, 0.1) is 5.82 Å². The Labute approximate surface area is 164 Å². The Kier molecular flexibility index (Phi) is 5.11. The summed E-state index contributed by atoms with van der Waals surface area (Å²) in [6.07, 6.45) is 1.61. The van der Waals surface area contributed by atoms with Crippen LogP contribution in [0.2, 0.25) is 0 Å². The molecule has 1 aliphatic rings. The van der Waals surface area contributed by atoms with Crippen LogP contribution in [0.4, 0.5) is 4.39 Å². The molecule has 0 bridgehead atoms. The van der Waals surface area contributed by atoms with E-state index in [9.17, 15) is 9.18 Å². The minimum Gasteiger partial charge on any atom is -0.489 e. The summed E-state index contributed by atoms with van der Waals surface area (Å²) in [7, 11) is 0. The van der Waals surface area contributed by atoms with E-state index in [0.717, 1.165) is 35.3 Å². The Balaban J connectivity index is 1.31. The van der Waals surface area contributed by atoms with Crippen LogP contribution in [0.25, 0.3) is 0 Å². The van der Waals surface area contributed by atoms with Gasteiger partial charge in [-0.05, 0) is 53.8 Å². The van der Waals surface area contributed by atoms with E-state index in [1.807, 2.05) is 54.6 Å². The number of benzene rings is 3. The Bertz CT molecular complexity index is 933. The van der Waals surface area contributed by atoms with Gasteiger partial charge in [-0.1, -0.05) is 54.6 Å². The smallest absolute Gasteiger partial charge is 0.230 e. The molecule has 0 heterocycles. The number of carbonyl (C=O) groups is 1. The molecule has 1 saturated carbocycles. The predicted molar refractivity (Wildman–Crippen MR) is 106 cm³/mol. The van der Waals surface area contributed by atoms with E-state index in [0.29, 0.717) is 13.2 Å². The molecule has 0 atom stereocenters. The summed E-state index contributed by atoms with van der Waals surface area (Å²) in [6, 6.07) is 24.0. The van der Waals surface area contributed by atoms with Gasteiger partial charge in [0.1, 0.15) is 18.2 Å². The van der Waals surface area contributed by atoms with Crippen molar-refractivity contribution >= 4 is 5.91 Å². The van der Waals surface area contributed by atoms with Crippen LogP contribution in [0.1, 0.15) is 29.5 Å². The van der Waals surface area contributed by atoms with Gasteiger partial charge >= 0.3 is 0 Å². The fourth-order valence-corrected chi connectivity index (χ4v) is 3.33. The van der Waals surface area contributed by atoms with Crippen molar-refractivity contribution in [1.82, 2.24) is 5.32 Å². The molecule has 0 aliphatic heterocycles. The lowest BCUT2D eigenvalue weighted by molar-refractivity contribution is -0.123. The van der Waals surface area contributed by atoms with Crippen molar-refractivity contribution in [3.05, 3.63) is 101 Å². The van der Waals surface area contributed by atoms with Gasteiger partial charge in [0, 0.05) is 6.54 Å². The van der Waals surface area contributed by atoms with Gasteiger partial charge in [-0.25, -0.2) is 4.39 Å². The summed E-state index contributed by atoms with van der Waals surface area (Å²) in [5.74, 6) is 0.571. The number of ether oxygens (including phenoxy) is 1. The Hall–Kier alpha value is -3.14. The van der Waals surface area contributed by atoms with Crippen LogP contribution in [0.5, 0.6) is 5.75 Å². The molecule has 1 amide bonds. The Morgan fingerprint density at radius 1 is 0.893 bits per heavy atom. The topological polar surface area (TPSA) is 38.3 Å². The van der Waals surface area contributed by atoms with Crippen molar-refractivity contribution in [2.45, 2.75) is 31.4 Å². The van der Waals surface area contributed by atoms with Gasteiger partial charge < -0.3 is 10.1 Å². The normalized spacial score (nSPS) is 14.3. The summed E-state index contributed by atoms with van der Waals surface area (Å²) in [6.45, 7) is 0.978. The third kappa shape index (κ3) is 4.06. The molecule has 0 aromatic heterocycles. The highest BCUT2D eigenvalue weighted by Gasteiger charge is 2.51. The van der Waals surface area contributed by atoms with Crippen LogP contribution >= 0.6 is 0 Å². The van der Waals surface area contributed by atoms with Gasteiger partial charge in [0.2, 0.25) is 5.91 Å². The first-order valence-electron chi connectivity index (χ1n) is 9.46. The molecular formula is C24H22FNO2. The number of carbonyl (C=O) groups excluding carboxylic acids is 1. The molecule has 1 N–H and O–H groups in total. The summed E-state index contributed by atoms with van der Waals surface area (Å²) in [4.78, 5) is 12.7. The summed E-state index contributed by atoms with van der Waals surface area (Å²) in [5, 5.41) is 3.03. The number of halogens is 1. The number of hydrogen-bond donors (Lipinski definition) is 1. The van der Waals surface area contributed by atoms with E-state index in [4.69, 9.17) is 4.74 Å². The first kappa shape index (κ1) is 18.2. The second-order valence-electron chi connectivity index (χ2n) is 7.19. The van der Waals surface area contributed by atoms with Crippen LogP contribution in [0.15, 0.2) is 78.9 Å². The molecule has 3 aromatic rings. The molecule has 1 fully saturated rings. The summed E-state index contributed by atoms with van der Waals surface area (Å²) < 4.78 is 18.9. The summed E-state index contributed by atoms with van der Waals surface area (Å²) in [5.41, 5.74) is 2.51. The molecule has 0 unspecified atom stereocenters. The number of hydrogen-bond acceptors (Lipinski definition) is 2. The van der Waals surface area contributed by atoms with Crippen molar-refractivity contribution in [3.8, 4) is 5.75 Å². The zero-order chi connectivity index (χ0) is 19.4. The van der Waals surface area contributed by atoms with Gasteiger partial charge in [-0.15, -0.1) is 0 Å². The highest BCUT2D eigenvalue weighted by Crippen LogP contribution is 2.48. The first-order chi connectivity index (χ1) is 13.7. The molecule has 28 heavy (non-hydrogen) atoms. The van der Waals surface area contributed by atoms with Gasteiger partial charge in [0.25, 0.3) is 0 Å². The standard InChI is InChI=1S/C24H22FNO2/c25-21-12-10-20(11-13-21)24(14-15-24)23(27)26-16-18-6-8-19(9-7-18)17-28-22-4-2-1-3-5-22/h1-13H,14-17H2,(H,26,27). The zero-order valence-corrected chi connectivity index (χ0v) is 15.5. The van der Waals surface area contributed by atoms with Gasteiger partial charge in [0.05, 0.1) is 5.41 Å². The second kappa shape index (κ2) is 7.85. The predicted octanol–water partition coefficient (Wildman–Crippen LogP) is 4.75. The number of rotatable bonds is 7. The number of amides is 1. The number of nitrogens with one attached hydrogen (secondary N) is 1. The average molecular weight is 375 g/mol. The highest BCUT2D eigenvalue weighted by molar-refractivity contribution is 5.91. The largest absolute Gasteiger partial charge is 0.489 e. The van der Waals surface area contributed by atoms with E-state index in [-0.39, 0.29) is 11.7 Å². The van der Waals surface area contributed by atoms with Crippen LogP contribution in [-0.2, 0) is 23.4 Å². The van der Waals surface area contributed by atoms with Crippen molar-refractivity contribution in [2.24, 2.45) is 0 Å². The quantitative estimate of drug-likeness (QED) is 0.647. The fraction of sp³-hybridized carbons (Fsp3) is 0.208. The first-order valence-corrected chi connectivity index (χ1v) is 9.46. The summed E-state index contributed by atoms with van der Waals surface area (Å²) >= 11 is 0. The highest BCUT2D eigenvalue weighted by atomic mass is 19.1. The van der Waals surface area contributed by atoms with Crippen molar-refractivity contribution < 1.29 is 13.9 Å². The van der Waals surface area contributed by atoms with Gasteiger partial charge in [-0.3, -0.25) is 4.79 Å². The third-order valence-electron chi connectivity index (χ3n) is 5.21. The SMILES string of the molecule is O=C(NCc1ccc(COc2ccccc2)cc1)C1(c2ccc(F)cc2)CC1. The third-order valence-corrected chi connectivity index (χ3v) is 5.21. The van der Waals surface area contributed by atoms with Crippen molar-refractivity contribution in [3.63, 3.8) is 0 Å². The second-order valence-corrected chi connectivity index (χ2v) is 7.19. The number of para-hydroxylation sites is 1. The zero-order valence-electron chi connectivity index (χ0n) is 15.5. The van der Waals surface area contributed by atoms with Gasteiger partial charge in [0.15, 0.2) is 0 Å². The minimum absolute atomic E-state index is 0.00981.